The summed E-state index contributed by atoms with van der Waals surface area (Å²) in [5.74, 6) is 0.910. The summed E-state index contributed by atoms with van der Waals surface area (Å²) < 4.78 is 5.66. The Hall–Kier alpha value is -1.42. The number of hydrogen-bond acceptors (Lipinski definition) is 4. The van der Waals surface area contributed by atoms with Gasteiger partial charge in [0.1, 0.15) is 5.82 Å². The molecular formula is C12H16N2O2. The molecule has 1 aliphatic rings. The van der Waals surface area contributed by atoms with Crippen LogP contribution < -0.4 is 4.90 Å². The standard InChI is InChI=1S/C12H16N2O2/c1-9-6-14(7-10(2)16-9)12-4-3-11(8-15)5-13-12/h3-5,8-10H,6-7H2,1-2H3/t9-,10-/m0/s1. The Kier molecular flexibility index (Phi) is 3.19. The van der Waals surface area contributed by atoms with Crippen LogP contribution in [0.5, 0.6) is 0 Å². The molecule has 0 spiro atoms. The number of carbonyl (C=O) groups is 1. The second-order valence-electron chi connectivity index (χ2n) is 4.23. The van der Waals surface area contributed by atoms with Gasteiger partial charge >= 0.3 is 0 Å². The van der Waals surface area contributed by atoms with Crippen molar-refractivity contribution in [3.05, 3.63) is 23.9 Å². The zero-order chi connectivity index (χ0) is 11.5. The lowest BCUT2D eigenvalue weighted by atomic mass is 10.2. The lowest BCUT2D eigenvalue weighted by Crippen LogP contribution is -2.45. The van der Waals surface area contributed by atoms with E-state index in [1.165, 1.54) is 0 Å². The third kappa shape index (κ3) is 2.39. The lowest BCUT2D eigenvalue weighted by molar-refractivity contribution is -0.00546. The van der Waals surface area contributed by atoms with Crippen LogP contribution in [0.15, 0.2) is 18.3 Å². The summed E-state index contributed by atoms with van der Waals surface area (Å²) in [5, 5.41) is 0. The van der Waals surface area contributed by atoms with Gasteiger partial charge < -0.3 is 9.64 Å². The van der Waals surface area contributed by atoms with Gasteiger partial charge in [-0.3, -0.25) is 4.79 Å². The fraction of sp³-hybridized carbons (Fsp3) is 0.500. The van der Waals surface area contributed by atoms with Crippen LogP contribution >= 0.6 is 0 Å². The van der Waals surface area contributed by atoms with Gasteiger partial charge in [-0.1, -0.05) is 0 Å². The highest BCUT2D eigenvalue weighted by molar-refractivity contribution is 5.74. The van der Waals surface area contributed by atoms with Crippen molar-refractivity contribution >= 4 is 12.1 Å². The van der Waals surface area contributed by atoms with Crippen molar-refractivity contribution in [2.24, 2.45) is 0 Å². The van der Waals surface area contributed by atoms with E-state index in [0.29, 0.717) is 5.56 Å². The number of aromatic nitrogens is 1. The molecule has 16 heavy (non-hydrogen) atoms. The van der Waals surface area contributed by atoms with Crippen LogP contribution in [0.1, 0.15) is 24.2 Å². The highest BCUT2D eigenvalue weighted by atomic mass is 16.5. The molecule has 0 saturated carbocycles. The van der Waals surface area contributed by atoms with Gasteiger partial charge in [0.15, 0.2) is 6.29 Å². The van der Waals surface area contributed by atoms with E-state index in [9.17, 15) is 4.79 Å². The smallest absolute Gasteiger partial charge is 0.151 e. The largest absolute Gasteiger partial charge is 0.372 e. The van der Waals surface area contributed by atoms with Gasteiger partial charge in [0.25, 0.3) is 0 Å². The zero-order valence-corrected chi connectivity index (χ0v) is 9.59. The molecule has 1 aromatic heterocycles. The van der Waals surface area contributed by atoms with Crippen molar-refractivity contribution in [2.75, 3.05) is 18.0 Å². The maximum absolute atomic E-state index is 10.5. The van der Waals surface area contributed by atoms with Crippen LogP contribution in [-0.2, 0) is 4.74 Å². The highest BCUT2D eigenvalue weighted by Gasteiger charge is 2.22. The van der Waals surface area contributed by atoms with E-state index in [-0.39, 0.29) is 12.2 Å². The predicted molar refractivity (Wildman–Crippen MR) is 61.8 cm³/mol. The number of hydrogen-bond donors (Lipinski definition) is 0. The molecule has 2 heterocycles. The van der Waals surface area contributed by atoms with Crippen LogP contribution in [-0.4, -0.2) is 36.6 Å². The maximum atomic E-state index is 10.5. The number of nitrogens with zero attached hydrogens (tertiary/aromatic N) is 2. The van der Waals surface area contributed by atoms with Gasteiger partial charge in [-0.15, -0.1) is 0 Å². The van der Waals surface area contributed by atoms with Crippen molar-refractivity contribution in [1.29, 1.82) is 0 Å². The van der Waals surface area contributed by atoms with Gasteiger partial charge in [-0.2, -0.15) is 0 Å². The normalized spacial score (nSPS) is 25.5. The highest BCUT2D eigenvalue weighted by Crippen LogP contribution is 2.17. The van der Waals surface area contributed by atoms with E-state index < -0.39 is 0 Å². The predicted octanol–water partition coefficient (Wildman–Crippen LogP) is 1.51. The van der Waals surface area contributed by atoms with Gasteiger partial charge in [0.2, 0.25) is 0 Å². The molecule has 0 bridgehead atoms. The minimum atomic E-state index is 0.219. The Balaban J connectivity index is 2.13. The lowest BCUT2D eigenvalue weighted by Gasteiger charge is -2.36. The summed E-state index contributed by atoms with van der Waals surface area (Å²) >= 11 is 0. The molecule has 0 unspecified atom stereocenters. The molecule has 4 heteroatoms. The average molecular weight is 220 g/mol. The number of aldehydes is 1. The molecule has 1 aliphatic heterocycles. The van der Waals surface area contributed by atoms with Crippen molar-refractivity contribution < 1.29 is 9.53 Å². The van der Waals surface area contributed by atoms with Crippen molar-refractivity contribution in [3.63, 3.8) is 0 Å². The van der Waals surface area contributed by atoms with Gasteiger partial charge in [-0.05, 0) is 26.0 Å². The third-order valence-corrected chi connectivity index (χ3v) is 2.65. The summed E-state index contributed by atoms with van der Waals surface area (Å²) in [5.41, 5.74) is 0.609. The van der Waals surface area contributed by atoms with E-state index in [2.05, 4.69) is 23.7 Å². The molecule has 86 valence electrons. The molecule has 1 fully saturated rings. The van der Waals surface area contributed by atoms with E-state index >= 15 is 0 Å². The van der Waals surface area contributed by atoms with Gasteiger partial charge in [-0.25, -0.2) is 4.98 Å². The number of rotatable bonds is 2. The topological polar surface area (TPSA) is 42.4 Å². The van der Waals surface area contributed by atoms with Gasteiger partial charge in [0.05, 0.1) is 12.2 Å². The third-order valence-electron chi connectivity index (χ3n) is 2.65. The van der Waals surface area contributed by atoms with E-state index in [4.69, 9.17) is 4.74 Å². The Morgan fingerprint density at radius 2 is 2.06 bits per heavy atom. The number of pyridine rings is 1. The molecule has 0 aromatic carbocycles. The summed E-state index contributed by atoms with van der Waals surface area (Å²) in [7, 11) is 0. The zero-order valence-electron chi connectivity index (χ0n) is 9.59. The summed E-state index contributed by atoms with van der Waals surface area (Å²) in [6.07, 6.45) is 2.85. The molecule has 2 rings (SSSR count). The fourth-order valence-corrected chi connectivity index (χ4v) is 2.02. The van der Waals surface area contributed by atoms with Gasteiger partial charge in [0, 0.05) is 24.8 Å². The number of ether oxygens (including phenoxy) is 1. The van der Waals surface area contributed by atoms with Crippen LogP contribution in [0, 0.1) is 0 Å². The average Bonchev–Trinajstić information content (AvgIpc) is 2.28. The molecule has 0 aliphatic carbocycles. The van der Waals surface area contributed by atoms with Crippen molar-refractivity contribution in [1.82, 2.24) is 4.98 Å². The molecule has 1 saturated heterocycles. The first kappa shape index (κ1) is 11.1. The van der Waals surface area contributed by atoms with Crippen molar-refractivity contribution in [2.45, 2.75) is 26.1 Å². The van der Waals surface area contributed by atoms with Crippen molar-refractivity contribution in [3.8, 4) is 0 Å². The summed E-state index contributed by atoms with van der Waals surface area (Å²) in [4.78, 5) is 17.0. The molecule has 0 N–H and O–H groups in total. The summed E-state index contributed by atoms with van der Waals surface area (Å²) in [6.45, 7) is 5.81. The maximum Gasteiger partial charge on any atom is 0.151 e. The monoisotopic (exact) mass is 220 g/mol. The minimum absolute atomic E-state index is 0.219. The fourth-order valence-electron chi connectivity index (χ4n) is 2.02. The van der Waals surface area contributed by atoms with E-state index in [0.717, 1.165) is 25.2 Å². The first-order chi connectivity index (χ1) is 7.69. The number of morpholine rings is 1. The Bertz CT molecular complexity index is 354. The summed E-state index contributed by atoms with van der Waals surface area (Å²) in [6, 6.07) is 3.68. The second-order valence-corrected chi connectivity index (χ2v) is 4.23. The molecule has 1 aromatic rings. The molecule has 0 radical (unpaired) electrons. The second kappa shape index (κ2) is 4.61. The number of anilines is 1. The van der Waals surface area contributed by atoms with Crippen LogP contribution in [0.4, 0.5) is 5.82 Å². The minimum Gasteiger partial charge on any atom is -0.372 e. The van der Waals surface area contributed by atoms with E-state index in [1.54, 1.807) is 12.3 Å². The quantitative estimate of drug-likeness (QED) is 0.708. The van der Waals surface area contributed by atoms with E-state index in [1.807, 2.05) is 6.07 Å². The first-order valence-electron chi connectivity index (χ1n) is 5.50. The molecule has 2 atom stereocenters. The molecule has 0 amide bonds. The number of carbonyl (C=O) groups excluding carboxylic acids is 1. The van der Waals surface area contributed by atoms with Crippen LogP contribution in [0.3, 0.4) is 0 Å². The first-order valence-corrected chi connectivity index (χ1v) is 5.50. The van der Waals surface area contributed by atoms with Crippen LogP contribution in [0.25, 0.3) is 0 Å². The SMILES string of the molecule is C[C@H]1CN(c2ccc(C=O)cn2)C[C@H](C)O1. The molecular weight excluding hydrogens is 204 g/mol. The Labute approximate surface area is 95.2 Å². The Morgan fingerprint density at radius 1 is 1.38 bits per heavy atom. The Morgan fingerprint density at radius 3 is 2.56 bits per heavy atom. The van der Waals surface area contributed by atoms with Crippen LogP contribution in [0.2, 0.25) is 0 Å². The molecule has 4 nitrogen and oxygen atoms in total.